The van der Waals surface area contributed by atoms with E-state index in [1.807, 2.05) is 43.3 Å². The minimum absolute atomic E-state index is 0.128. The molecule has 32 heavy (non-hydrogen) atoms. The normalized spacial score (nSPS) is 11.0. The van der Waals surface area contributed by atoms with Crippen LogP contribution in [0.5, 0.6) is 5.75 Å². The molecule has 0 bridgehead atoms. The Bertz CT molecular complexity index is 1210. The first-order chi connectivity index (χ1) is 15.5. The summed E-state index contributed by atoms with van der Waals surface area (Å²) in [4.78, 5) is 24.2. The number of halogens is 1. The van der Waals surface area contributed by atoms with Gasteiger partial charge in [-0.1, -0.05) is 42.3 Å². The van der Waals surface area contributed by atoms with E-state index in [2.05, 4.69) is 11.9 Å². The van der Waals surface area contributed by atoms with Crippen LogP contribution in [0.4, 0.5) is 5.13 Å². The van der Waals surface area contributed by atoms with Gasteiger partial charge in [-0.25, -0.2) is 4.98 Å². The summed E-state index contributed by atoms with van der Waals surface area (Å²) in [5.74, 6) is 0.635. The summed E-state index contributed by atoms with van der Waals surface area (Å²) >= 11 is 7.70. The maximum absolute atomic E-state index is 13.6. The molecule has 1 amide bonds. The zero-order valence-electron chi connectivity index (χ0n) is 18.0. The van der Waals surface area contributed by atoms with Crippen LogP contribution in [0.25, 0.3) is 10.2 Å². The van der Waals surface area contributed by atoms with Crippen molar-refractivity contribution in [3.8, 4) is 5.75 Å². The fourth-order valence-corrected chi connectivity index (χ4v) is 4.76. The van der Waals surface area contributed by atoms with Crippen molar-refractivity contribution in [2.45, 2.75) is 33.2 Å². The Morgan fingerprint density at radius 1 is 1.19 bits per heavy atom. The standard InChI is InChI=1S/C25H24ClN3O2S/c1-3-4-12-31-21-9-7-19(8-10-21)24(30)29(16-18-6-5-11-27-15-18)25-28-23-17(2)13-20(26)14-22(23)32-25/h5-11,13-15H,3-4,12,16H2,1-2H3. The highest BCUT2D eigenvalue weighted by Gasteiger charge is 2.22. The van der Waals surface area contributed by atoms with Gasteiger partial charge in [-0.05, 0) is 66.9 Å². The Labute approximate surface area is 196 Å². The highest BCUT2D eigenvalue weighted by Crippen LogP contribution is 2.34. The number of ether oxygens (including phenoxy) is 1. The molecule has 0 saturated heterocycles. The molecule has 164 valence electrons. The van der Waals surface area contributed by atoms with Crippen molar-refractivity contribution in [1.29, 1.82) is 0 Å². The predicted molar refractivity (Wildman–Crippen MR) is 131 cm³/mol. The summed E-state index contributed by atoms with van der Waals surface area (Å²) in [6.07, 6.45) is 5.56. The quantitative estimate of drug-likeness (QED) is 0.272. The van der Waals surface area contributed by atoms with Crippen LogP contribution in [-0.4, -0.2) is 22.5 Å². The zero-order chi connectivity index (χ0) is 22.5. The third kappa shape index (κ3) is 5.09. The van der Waals surface area contributed by atoms with Crippen LogP contribution < -0.4 is 9.64 Å². The molecule has 4 aromatic rings. The lowest BCUT2D eigenvalue weighted by atomic mass is 10.1. The van der Waals surface area contributed by atoms with E-state index >= 15 is 0 Å². The van der Waals surface area contributed by atoms with Gasteiger partial charge in [0.2, 0.25) is 0 Å². The third-order valence-electron chi connectivity index (χ3n) is 5.05. The topological polar surface area (TPSA) is 55.3 Å². The highest BCUT2D eigenvalue weighted by atomic mass is 35.5. The van der Waals surface area contributed by atoms with Gasteiger partial charge < -0.3 is 4.74 Å². The maximum atomic E-state index is 13.6. The fraction of sp³-hybridized carbons (Fsp3) is 0.240. The second-order valence-corrected chi connectivity index (χ2v) is 8.99. The van der Waals surface area contributed by atoms with Gasteiger partial charge in [0.15, 0.2) is 5.13 Å². The molecular weight excluding hydrogens is 442 g/mol. The number of thiazole rings is 1. The zero-order valence-corrected chi connectivity index (χ0v) is 19.6. The second kappa shape index (κ2) is 10.1. The third-order valence-corrected chi connectivity index (χ3v) is 6.29. The van der Waals surface area contributed by atoms with Crippen molar-refractivity contribution in [3.05, 3.63) is 82.6 Å². The van der Waals surface area contributed by atoms with Crippen LogP contribution in [0, 0.1) is 6.92 Å². The first-order valence-corrected chi connectivity index (χ1v) is 11.7. The number of rotatable bonds is 8. The number of benzene rings is 2. The number of anilines is 1. The van der Waals surface area contributed by atoms with Crippen molar-refractivity contribution in [3.63, 3.8) is 0 Å². The van der Waals surface area contributed by atoms with Crippen molar-refractivity contribution in [2.24, 2.45) is 0 Å². The average Bonchev–Trinajstić information content (AvgIpc) is 3.22. The smallest absolute Gasteiger partial charge is 0.260 e. The van der Waals surface area contributed by atoms with Crippen LogP contribution in [0.3, 0.4) is 0 Å². The second-order valence-electron chi connectivity index (χ2n) is 7.54. The van der Waals surface area contributed by atoms with Crippen molar-refractivity contribution < 1.29 is 9.53 Å². The molecular formula is C25H24ClN3O2S. The molecule has 0 atom stereocenters. The molecule has 0 N–H and O–H groups in total. The van der Waals surface area contributed by atoms with E-state index in [1.54, 1.807) is 29.4 Å². The average molecular weight is 466 g/mol. The van der Waals surface area contributed by atoms with Gasteiger partial charge in [-0.15, -0.1) is 0 Å². The van der Waals surface area contributed by atoms with Crippen LogP contribution >= 0.6 is 22.9 Å². The van der Waals surface area contributed by atoms with E-state index in [4.69, 9.17) is 21.3 Å². The number of hydrogen-bond donors (Lipinski definition) is 0. The van der Waals surface area contributed by atoms with Gasteiger partial charge in [0.25, 0.3) is 5.91 Å². The fourth-order valence-electron chi connectivity index (χ4n) is 3.34. The van der Waals surface area contributed by atoms with Crippen molar-refractivity contribution in [2.75, 3.05) is 11.5 Å². The van der Waals surface area contributed by atoms with Crippen LogP contribution in [-0.2, 0) is 6.54 Å². The number of aromatic nitrogens is 2. The number of hydrogen-bond acceptors (Lipinski definition) is 5. The lowest BCUT2D eigenvalue weighted by Crippen LogP contribution is -2.30. The van der Waals surface area contributed by atoms with E-state index in [1.165, 1.54) is 11.3 Å². The highest BCUT2D eigenvalue weighted by molar-refractivity contribution is 7.22. The van der Waals surface area contributed by atoms with Crippen LogP contribution in [0.2, 0.25) is 5.02 Å². The number of amides is 1. The Kier molecular flexibility index (Phi) is 7.02. The summed E-state index contributed by atoms with van der Waals surface area (Å²) in [6, 6.07) is 14.9. The number of fused-ring (bicyclic) bond motifs is 1. The van der Waals surface area contributed by atoms with Gasteiger partial charge in [0, 0.05) is 23.0 Å². The van der Waals surface area contributed by atoms with E-state index in [0.29, 0.717) is 28.9 Å². The predicted octanol–water partition coefficient (Wildman–Crippen LogP) is 6.68. The lowest BCUT2D eigenvalue weighted by Gasteiger charge is -2.20. The Balaban J connectivity index is 1.66. The summed E-state index contributed by atoms with van der Waals surface area (Å²) in [5.41, 5.74) is 3.34. The van der Waals surface area contributed by atoms with Gasteiger partial charge in [-0.3, -0.25) is 14.7 Å². The molecule has 0 radical (unpaired) electrons. The first kappa shape index (κ1) is 22.2. The summed E-state index contributed by atoms with van der Waals surface area (Å²) in [6.45, 7) is 5.14. The molecule has 2 aromatic carbocycles. The van der Waals surface area contributed by atoms with E-state index < -0.39 is 0 Å². The minimum atomic E-state index is -0.128. The number of carbonyl (C=O) groups is 1. The Hall–Kier alpha value is -2.96. The number of carbonyl (C=O) groups excluding carboxylic acids is 1. The molecule has 0 aliphatic heterocycles. The summed E-state index contributed by atoms with van der Waals surface area (Å²) in [7, 11) is 0. The molecule has 4 rings (SSSR count). The summed E-state index contributed by atoms with van der Waals surface area (Å²) < 4.78 is 6.68. The molecule has 0 spiro atoms. The van der Waals surface area contributed by atoms with Gasteiger partial charge in [0.1, 0.15) is 5.75 Å². The van der Waals surface area contributed by atoms with E-state index in [0.717, 1.165) is 39.9 Å². The van der Waals surface area contributed by atoms with Crippen LogP contribution in [0.15, 0.2) is 60.9 Å². The molecule has 0 fully saturated rings. The Morgan fingerprint density at radius 2 is 2.00 bits per heavy atom. The molecule has 0 aliphatic rings. The van der Waals surface area contributed by atoms with Gasteiger partial charge in [-0.2, -0.15) is 0 Å². The molecule has 0 aliphatic carbocycles. The first-order valence-electron chi connectivity index (χ1n) is 10.6. The number of unbranched alkanes of at least 4 members (excludes halogenated alkanes) is 1. The number of nitrogens with zero attached hydrogens (tertiary/aromatic N) is 3. The maximum Gasteiger partial charge on any atom is 0.260 e. The number of aryl methyl sites for hydroxylation is 1. The van der Waals surface area contributed by atoms with Gasteiger partial charge in [0.05, 0.1) is 23.4 Å². The van der Waals surface area contributed by atoms with Crippen LogP contribution in [0.1, 0.15) is 41.3 Å². The Morgan fingerprint density at radius 3 is 2.72 bits per heavy atom. The number of pyridine rings is 1. The van der Waals surface area contributed by atoms with Gasteiger partial charge >= 0.3 is 0 Å². The molecule has 0 saturated carbocycles. The molecule has 7 heteroatoms. The van der Waals surface area contributed by atoms with Crippen molar-refractivity contribution in [1.82, 2.24) is 9.97 Å². The molecule has 2 heterocycles. The lowest BCUT2D eigenvalue weighted by molar-refractivity contribution is 0.0985. The summed E-state index contributed by atoms with van der Waals surface area (Å²) in [5, 5.41) is 1.29. The monoisotopic (exact) mass is 465 g/mol. The largest absolute Gasteiger partial charge is 0.494 e. The SMILES string of the molecule is CCCCOc1ccc(C(=O)N(Cc2cccnc2)c2nc3c(C)cc(Cl)cc3s2)cc1. The minimum Gasteiger partial charge on any atom is -0.494 e. The van der Waals surface area contributed by atoms with Crippen molar-refractivity contribution >= 4 is 44.2 Å². The van der Waals surface area contributed by atoms with E-state index in [9.17, 15) is 4.79 Å². The van der Waals surface area contributed by atoms with E-state index in [-0.39, 0.29) is 5.91 Å². The molecule has 0 unspecified atom stereocenters. The molecule has 5 nitrogen and oxygen atoms in total. The molecule has 2 aromatic heterocycles.